The summed E-state index contributed by atoms with van der Waals surface area (Å²) in [4.78, 5) is 4.86. The summed E-state index contributed by atoms with van der Waals surface area (Å²) >= 11 is 0. The standard InChI is InChI=1S/C29H30N2OSi/c1-17-18(2)29(3,4)31-26-20(17)10-8-12-22(26)25-23-13-9-11-21(27(23)32-28(25)31)24-15-14-19(16-30-24)33(5,6)7/h8-16H,1-7H3. The first kappa shape index (κ1) is 20.5. The first-order chi connectivity index (χ1) is 15.6. The van der Waals surface area contributed by atoms with E-state index in [2.05, 4.69) is 107 Å². The van der Waals surface area contributed by atoms with Crippen molar-refractivity contribution >= 4 is 51.8 Å². The van der Waals surface area contributed by atoms with Gasteiger partial charge in [0, 0.05) is 28.1 Å². The molecular weight excluding hydrogens is 420 g/mol. The zero-order valence-corrected chi connectivity index (χ0v) is 21.5. The molecule has 0 saturated heterocycles. The molecule has 0 amide bonds. The number of hydrogen-bond acceptors (Lipinski definition) is 2. The lowest BCUT2D eigenvalue weighted by Gasteiger charge is -2.35. The van der Waals surface area contributed by atoms with Crippen molar-refractivity contribution in [2.75, 3.05) is 0 Å². The van der Waals surface area contributed by atoms with Gasteiger partial charge in [-0.25, -0.2) is 0 Å². The molecule has 0 aliphatic carbocycles. The van der Waals surface area contributed by atoms with Crippen LogP contribution < -0.4 is 5.19 Å². The Labute approximate surface area is 195 Å². The van der Waals surface area contributed by atoms with E-state index < -0.39 is 8.07 Å². The van der Waals surface area contributed by atoms with Crippen LogP contribution in [0.4, 0.5) is 0 Å². The van der Waals surface area contributed by atoms with Crippen LogP contribution in [0.2, 0.25) is 19.6 Å². The summed E-state index contributed by atoms with van der Waals surface area (Å²) in [5.41, 5.74) is 9.08. The molecule has 33 heavy (non-hydrogen) atoms. The third kappa shape index (κ3) is 2.64. The van der Waals surface area contributed by atoms with E-state index in [0.717, 1.165) is 27.9 Å². The number of hydrogen-bond donors (Lipinski definition) is 0. The molecule has 0 radical (unpaired) electrons. The zero-order valence-electron chi connectivity index (χ0n) is 20.5. The largest absolute Gasteiger partial charge is 0.439 e. The average molecular weight is 451 g/mol. The smallest absolute Gasteiger partial charge is 0.210 e. The SMILES string of the molecule is CC1=C(C)C(C)(C)n2c3oc4c(-c5ccc([Si](C)(C)C)cn5)cccc4c3c3cccc1c32. The van der Waals surface area contributed by atoms with Crippen LogP contribution in [0.25, 0.3) is 49.8 Å². The van der Waals surface area contributed by atoms with Crippen molar-refractivity contribution in [3.05, 3.63) is 65.9 Å². The maximum Gasteiger partial charge on any atom is 0.210 e. The number of para-hydroxylation sites is 2. The molecule has 0 N–H and O–H groups in total. The fraction of sp³-hybridized carbons (Fsp3) is 0.276. The van der Waals surface area contributed by atoms with Gasteiger partial charge in [0.2, 0.25) is 5.71 Å². The molecule has 2 aromatic carbocycles. The Hall–Kier alpha value is -3.11. The molecule has 166 valence electrons. The summed E-state index contributed by atoms with van der Waals surface area (Å²) in [6, 6.07) is 17.5. The van der Waals surface area contributed by atoms with Gasteiger partial charge in [0.25, 0.3) is 0 Å². The topological polar surface area (TPSA) is 31.0 Å². The molecule has 5 aromatic rings. The first-order valence-corrected chi connectivity index (χ1v) is 15.2. The lowest BCUT2D eigenvalue weighted by Crippen LogP contribution is -2.37. The molecule has 6 rings (SSSR count). The first-order valence-electron chi connectivity index (χ1n) is 11.7. The summed E-state index contributed by atoms with van der Waals surface area (Å²) < 4.78 is 9.18. The van der Waals surface area contributed by atoms with Gasteiger partial charge in [0.15, 0.2) is 0 Å². The van der Waals surface area contributed by atoms with Gasteiger partial charge in [0.05, 0.1) is 30.2 Å². The van der Waals surface area contributed by atoms with Gasteiger partial charge in [-0.15, -0.1) is 0 Å². The predicted molar refractivity (Wildman–Crippen MR) is 143 cm³/mol. The lowest BCUT2D eigenvalue weighted by molar-refractivity contribution is 0.428. The second kappa shape index (κ2) is 6.48. The number of furan rings is 1. The molecule has 0 saturated carbocycles. The quantitative estimate of drug-likeness (QED) is 0.258. The third-order valence-electron chi connectivity index (χ3n) is 7.78. The zero-order chi connectivity index (χ0) is 23.3. The number of fused-ring (bicyclic) bond motifs is 5. The van der Waals surface area contributed by atoms with E-state index in [-0.39, 0.29) is 5.54 Å². The van der Waals surface area contributed by atoms with Crippen molar-refractivity contribution in [2.45, 2.75) is 52.9 Å². The van der Waals surface area contributed by atoms with E-state index >= 15 is 0 Å². The average Bonchev–Trinajstić information content (AvgIpc) is 3.31. The summed E-state index contributed by atoms with van der Waals surface area (Å²) in [6.07, 6.45) is 2.06. The highest BCUT2D eigenvalue weighted by Crippen LogP contribution is 2.49. The number of rotatable bonds is 2. The maximum atomic E-state index is 6.76. The molecule has 4 heteroatoms. The highest BCUT2D eigenvalue weighted by atomic mass is 28.3. The number of pyridine rings is 1. The van der Waals surface area contributed by atoms with Gasteiger partial charge in [-0.2, -0.15) is 0 Å². The summed E-state index contributed by atoms with van der Waals surface area (Å²) in [7, 11) is -1.39. The van der Waals surface area contributed by atoms with Crippen molar-refractivity contribution in [3.63, 3.8) is 0 Å². The van der Waals surface area contributed by atoms with E-state index in [9.17, 15) is 0 Å². The maximum absolute atomic E-state index is 6.76. The van der Waals surface area contributed by atoms with E-state index in [1.54, 1.807) is 0 Å². The summed E-state index contributed by atoms with van der Waals surface area (Å²) in [6.45, 7) is 16.1. The van der Waals surface area contributed by atoms with Crippen LogP contribution in [0.5, 0.6) is 0 Å². The van der Waals surface area contributed by atoms with Crippen LogP contribution in [0, 0.1) is 0 Å². The fourth-order valence-electron chi connectivity index (χ4n) is 5.48. The molecular formula is C29H30N2OSi. The van der Waals surface area contributed by atoms with Gasteiger partial charge in [0.1, 0.15) is 5.58 Å². The van der Waals surface area contributed by atoms with Gasteiger partial charge >= 0.3 is 0 Å². The normalized spacial score (nSPS) is 15.8. The van der Waals surface area contributed by atoms with Crippen LogP contribution >= 0.6 is 0 Å². The molecule has 0 atom stereocenters. The Morgan fingerprint density at radius 1 is 0.879 bits per heavy atom. The Morgan fingerprint density at radius 2 is 1.58 bits per heavy atom. The van der Waals surface area contributed by atoms with Crippen LogP contribution in [0.1, 0.15) is 33.3 Å². The van der Waals surface area contributed by atoms with Crippen molar-refractivity contribution < 1.29 is 4.42 Å². The Bertz CT molecular complexity index is 1620. The van der Waals surface area contributed by atoms with E-state index in [1.807, 2.05) is 0 Å². The monoisotopic (exact) mass is 450 g/mol. The van der Waals surface area contributed by atoms with Gasteiger partial charge in [-0.1, -0.05) is 56.0 Å². The highest BCUT2D eigenvalue weighted by molar-refractivity contribution is 6.88. The highest BCUT2D eigenvalue weighted by Gasteiger charge is 2.35. The van der Waals surface area contributed by atoms with Crippen molar-refractivity contribution in [2.24, 2.45) is 0 Å². The predicted octanol–water partition coefficient (Wildman–Crippen LogP) is 7.69. The molecule has 4 heterocycles. The number of benzene rings is 2. The second-order valence-corrected chi connectivity index (χ2v) is 16.1. The van der Waals surface area contributed by atoms with E-state index in [4.69, 9.17) is 9.40 Å². The van der Waals surface area contributed by atoms with E-state index in [0.29, 0.717) is 0 Å². The van der Waals surface area contributed by atoms with E-state index in [1.165, 1.54) is 38.2 Å². The van der Waals surface area contributed by atoms with Crippen molar-refractivity contribution in [1.82, 2.24) is 9.55 Å². The fourth-order valence-corrected chi connectivity index (χ4v) is 6.51. The molecule has 1 aliphatic rings. The third-order valence-corrected chi connectivity index (χ3v) is 9.81. The summed E-state index contributed by atoms with van der Waals surface area (Å²) in [5, 5.41) is 5.00. The Morgan fingerprint density at radius 3 is 2.24 bits per heavy atom. The molecule has 0 unspecified atom stereocenters. The van der Waals surface area contributed by atoms with Crippen LogP contribution in [-0.4, -0.2) is 17.6 Å². The molecule has 3 aromatic heterocycles. The van der Waals surface area contributed by atoms with Crippen molar-refractivity contribution in [1.29, 1.82) is 0 Å². The minimum absolute atomic E-state index is 0.163. The Balaban J connectivity index is 1.68. The lowest BCUT2D eigenvalue weighted by atomic mass is 9.84. The Kier molecular flexibility index (Phi) is 4.02. The van der Waals surface area contributed by atoms with Crippen LogP contribution in [0.15, 0.2) is 64.7 Å². The minimum Gasteiger partial charge on any atom is -0.439 e. The van der Waals surface area contributed by atoms with Gasteiger partial charge in [-0.05, 0) is 56.2 Å². The number of aromatic nitrogens is 2. The van der Waals surface area contributed by atoms with Crippen molar-refractivity contribution in [3.8, 4) is 11.3 Å². The van der Waals surface area contributed by atoms with Gasteiger partial charge < -0.3 is 8.98 Å². The molecule has 0 spiro atoms. The second-order valence-electron chi connectivity index (χ2n) is 11.0. The number of nitrogens with zero attached hydrogens (tertiary/aromatic N) is 2. The molecule has 0 bridgehead atoms. The van der Waals surface area contributed by atoms with Gasteiger partial charge in [-0.3, -0.25) is 4.98 Å². The summed E-state index contributed by atoms with van der Waals surface area (Å²) in [5.74, 6) is 0. The van der Waals surface area contributed by atoms with Crippen LogP contribution in [-0.2, 0) is 5.54 Å². The molecule has 0 fully saturated rings. The number of allylic oxidation sites excluding steroid dienone is 2. The van der Waals surface area contributed by atoms with Crippen LogP contribution in [0.3, 0.4) is 0 Å². The minimum atomic E-state index is -1.39. The molecule has 3 nitrogen and oxygen atoms in total. The molecule has 1 aliphatic heterocycles.